The quantitative estimate of drug-likeness (QED) is 0.758. The molecule has 1 aliphatic carbocycles. The van der Waals surface area contributed by atoms with Gasteiger partial charge in [-0.25, -0.2) is 4.79 Å². The average Bonchev–Trinajstić information content (AvgIpc) is 2.72. The molecule has 3 atom stereocenters. The Morgan fingerprint density at radius 2 is 2.04 bits per heavy atom. The number of rotatable bonds is 1. The summed E-state index contributed by atoms with van der Waals surface area (Å²) in [4.78, 5) is 13.6. The van der Waals surface area contributed by atoms with Gasteiger partial charge in [0.05, 0.1) is 36.9 Å². The molecule has 1 aromatic carbocycles. The Balaban J connectivity index is 2.22. The first kappa shape index (κ1) is 19.1. The molecule has 1 unspecified atom stereocenters. The summed E-state index contributed by atoms with van der Waals surface area (Å²) in [6.45, 7) is 2.34. The van der Waals surface area contributed by atoms with Crippen molar-refractivity contribution in [2.45, 2.75) is 12.8 Å². The molecule has 140 valence electrons. The highest BCUT2D eigenvalue weighted by molar-refractivity contribution is 6.01. The van der Waals surface area contributed by atoms with Crippen molar-refractivity contribution in [2.24, 2.45) is 17.3 Å². The lowest BCUT2D eigenvalue weighted by Crippen LogP contribution is -2.53. The number of carbonyl (C=O) groups is 1. The summed E-state index contributed by atoms with van der Waals surface area (Å²) in [5.74, 6) is -1.82. The molecule has 1 fully saturated rings. The predicted octanol–water partition coefficient (Wildman–Crippen LogP) is 2.91. The van der Waals surface area contributed by atoms with Gasteiger partial charge in [-0.15, -0.1) is 0 Å². The predicted molar refractivity (Wildman–Crippen MR) is 100.0 cm³/mol. The summed E-state index contributed by atoms with van der Waals surface area (Å²) < 4.78 is 4.83. The van der Waals surface area contributed by atoms with Gasteiger partial charge in [-0.1, -0.05) is 35.9 Å². The first-order valence-electron chi connectivity index (χ1n) is 8.84. The van der Waals surface area contributed by atoms with Crippen LogP contribution in [0.1, 0.15) is 17.0 Å². The van der Waals surface area contributed by atoms with Crippen molar-refractivity contribution >= 4 is 11.8 Å². The molecule has 0 spiro atoms. The maximum Gasteiger partial charge on any atom is 0.409 e. The first-order chi connectivity index (χ1) is 13.4. The van der Waals surface area contributed by atoms with Gasteiger partial charge in [0.15, 0.2) is 0 Å². The van der Waals surface area contributed by atoms with Gasteiger partial charge in [-0.05, 0) is 18.1 Å². The first-order valence-corrected chi connectivity index (χ1v) is 8.84. The van der Waals surface area contributed by atoms with Crippen LogP contribution in [0.3, 0.4) is 0 Å². The van der Waals surface area contributed by atoms with Crippen LogP contribution in [0.5, 0.6) is 0 Å². The Morgan fingerprint density at radius 1 is 1.32 bits per heavy atom. The summed E-state index contributed by atoms with van der Waals surface area (Å²) in [5, 5.41) is 38.1. The van der Waals surface area contributed by atoms with Crippen molar-refractivity contribution < 1.29 is 9.53 Å². The molecule has 1 aliphatic heterocycles. The number of hydrogen-bond donors (Lipinski definition) is 1. The molecule has 1 aromatic rings. The van der Waals surface area contributed by atoms with Gasteiger partial charge in [-0.2, -0.15) is 15.8 Å². The molecule has 7 nitrogen and oxygen atoms in total. The van der Waals surface area contributed by atoms with Crippen molar-refractivity contribution in [3.8, 4) is 18.2 Å². The van der Waals surface area contributed by atoms with Gasteiger partial charge < -0.3 is 15.0 Å². The molecular weight excluding hydrogens is 354 g/mol. The molecule has 1 amide bonds. The number of fused-ring (bicyclic) bond motifs is 1. The number of nitrogens with one attached hydrogen (secondary N) is 1. The Morgan fingerprint density at radius 3 is 2.61 bits per heavy atom. The maximum absolute atomic E-state index is 12.1. The minimum Gasteiger partial charge on any atom is -0.453 e. The fourth-order valence-electron chi connectivity index (χ4n) is 4.31. The fraction of sp³-hybridized carbons (Fsp3) is 0.381. The van der Waals surface area contributed by atoms with Crippen molar-refractivity contribution in [3.63, 3.8) is 0 Å². The van der Waals surface area contributed by atoms with Crippen molar-refractivity contribution in [1.82, 2.24) is 4.90 Å². The van der Waals surface area contributed by atoms with Crippen LogP contribution in [0.4, 0.5) is 4.79 Å². The van der Waals surface area contributed by atoms with E-state index in [0.29, 0.717) is 5.57 Å². The molecule has 2 aliphatic rings. The molecule has 0 saturated heterocycles. The Hall–Kier alpha value is -3.63. The number of ether oxygens (including phenoxy) is 1. The van der Waals surface area contributed by atoms with Gasteiger partial charge in [-0.3, -0.25) is 0 Å². The summed E-state index contributed by atoms with van der Waals surface area (Å²) in [7, 11) is 1.29. The molecule has 28 heavy (non-hydrogen) atoms. The van der Waals surface area contributed by atoms with Crippen molar-refractivity contribution in [1.29, 1.82) is 21.2 Å². The van der Waals surface area contributed by atoms with E-state index >= 15 is 0 Å². The van der Waals surface area contributed by atoms with Crippen LogP contribution >= 0.6 is 0 Å². The molecule has 3 rings (SSSR count). The number of aryl methyl sites for hydroxylation is 1. The smallest absolute Gasteiger partial charge is 0.409 e. The number of amides is 1. The zero-order chi connectivity index (χ0) is 20.5. The van der Waals surface area contributed by atoms with Crippen molar-refractivity contribution in [2.75, 3.05) is 20.2 Å². The van der Waals surface area contributed by atoms with E-state index in [1.54, 1.807) is 6.08 Å². The number of nitrogens with zero attached hydrogens (tertiary/aromatic N) is 4. The monoisotopic (exact) mass is 373 g/mol. The van der Waals surface area contributed by atoms with Gasteiger partial charge in [0.25, 0.3) is 0 Å². The van der Waals surface area contributed by atoms with E-state index in [4.69, 9.17) is 10.1 Å². The van der Waals surface area contributed by atoms with Crippen LogP contribution in [-0.4, -0.2) is 36.9 Å². The Kier molecular flexibility index (Phi) is 4.91. The summed E-state index contributed by atoms with van der Waals surface area (Å²) in [5.41, 5.74) is 0.377. The van der Waals surface area contributed by atoms with Crippen molar-refractivity contribution in [3.05, 3.63) is 47.0 Å². The van der Waals surface area contributed by atoms with Crippen LogP contribution in [-0.2, 0) is 4.74 Å². The van der Waals surface area contributed by atoms with E-state index < -0.39 is 29.3 Å². The fourth-order valence-corrected chi connectivity index (χ4v) is 4.31. The molecule has 0 bridgehead atoms. The van der Waals surface area contributed by atoms with E-state index in [0.717, 1.165) is 11.1 Å². The summed E-state index contributed by atoms with van der Waals surface area (Å²) >= 11 is 0. The SMILES string of the molecule is COC(=O)N1CC=C2[C@@H](C1)[C@H](c1cccc(C)c1)C(C#N)C(=N)C2(C#N)C#N. The van der Waals surface area contributed by atoms with Crippen LogP contribution in [0, 0.1) is 63.6 Å². The summed E-state index contributed by atoms with van der Waals surface area (Å²) in [6, 6.07) is 13.8. The molecule has 1 heterocycles. The highest BCUT2D eigenvalue weighted by atomic mass is 16.5. The summed E-state index contributed by atoms with van der Waals surface area (Å²) in [6.07, 6.45) is 1.16. The molecule has 0 aromatic heterocycles. The third kappa shape index (κ3) is 2.71. The Bertz CT molecular complexity index is 977. The molecule has 1 saturated carbocycles. The Labute approximate surface area is 163 Å². The van der Waals surface area contributed by atoms with E-state index in [9.17, 15) is 20.6 Å². The average molecular weight is 373 g/mol. The lowest BCUT2D eigenvalue weighted by atomic mass is 9.55. The zero-order valence-corrected chi connectivity index (χ0v) is 15.6. The lowest BCUT2D eigenvalue weighted by Gasteiger charge is -2.47. The maximum atomic E-state index is 12.1. The molecule has 0 radical (unpaired) electrons. The second-order valence-electron chi connectivity index (χ2n) is 7.07. The largest absolute Gasteiger partial charge is 0.453 e. The number of benzene rings is 1. The minimum atomic E-state index is -1.78. The van der Waals surface area contributed by atoms with Gasteiger partial charge in [0.1, 0.15) is 0 Å². The second-order valence-corrected chi connectivity index (χ2v) is 7.07. The number of carbonyl (C=O) groups excluding carboxylic acids is 1. The highest BCUT2D eigenvalue weighted by Gasteiger charge is 2.56. The van der Waals surface area contributed by atoms with Crippen LogP contribution in [0.25, 0.3) is 0 Å². The highest BCUT2D eigenvalue weighted by Crippen LogP contribution is 2.52. The molecule has 7 heteroatoms. The van der Waals surface area contributed by atoms with Crippen LogP contribution < -0.4 is 0 Å². The second kappa shape index (κ2) is 7.18. The van der Waals surface area contributed by atoms with E-state index in [-0.39, 0.29) is 18.8 Å². The normalized spacial score (nSPS) is 25.4. The molecule has 1 N–H and O–H groups in total. The number of hydrogen-bond acceptors (Lipinski definition) is 6. The van der Waals surface area contributed by atoms with Crippen LogP contribution in [0.2, 0.25) is 0 Å². The van der Waals surface area contributed by atoms with Crippen LogP contribution in [0.15, 0.2) is 35.9 Å². The topological polar surface area (TPSA) is 125 Å². The molecular formula is C21H19N5O2. The standard InChI is InChI=1S/C21H19N5O2/c1-13-4-3-5-14(8-13)18-15(9-22)19(25)21(11-23,12-24)17-6-7-26(10-16(17)18)20(27)28-2/h3-6,8,15-16,18,25H,7,10H2,1-2H3/t15?,16-,18-/m1/s1. The van der Waals surface area contributed by atoms with Gasteiger partial charge in [0, 0.05) is 24.9 Å². The third-order valence-corrected chi connectivity index (χ3v) is 5.62. The zero-order valence-electron chi connectivity index (χ0n) is 15.6. The number of methoxy groups -OCH3 is 1. The van der Waals surface area contributed by atoms with Gasteiger partial charge >= 0.3 is 6.09 Å². The minimum absolute atomic E-state index is 0.189. The van der Waals surface area contributed by atoms with E-state index in [2.05, 4.69) is 6.07 Å². The van der Waals surface area contributed by atoms with Gasteiger partial charge in [0.2, 0.25) is 5.41 Å². The third-order valence-electron chi connectivity index (χ3n) is 5.62. The van der Waals surface area contributed by atoms with E-state index in [1.165, 1.54) is 12.0 Å². The van der Waals surface area contributed by atoms with E-state index in [1.807, 2.05) is 43.3 Å². The lowest BCUT2D eigenvalue weighted by molar-refractivity contribution is 0.115. The number of nitriles is 3.